The van der Waals surface area contributed by atoms with E-state index >= 15 is 0 Å². The highest BCUT2D eigenvalue weighted by Crippen LogP contribution is 2.35. The standard InChI is InChI=1S/C20H22N2O3S2/c21-27(25,12-18(23)19-8-3-9-26-19)22-20(24)11-17-15-6-1-4-13(15)10-14-5-2-7-16(14)17/h3,8-10H,1-2,4-7,11-12H2,(H2,21,22,24,25). The van der Waals surface area contributed by atoms with Crippen LogP contribution in [-0.4, -0.2) is 21.7 Å². The van der Waals surface area contributed by atoms with Gasteiger partial charge in [0.25, 0.3) is 5.91 Å². The first-order chi connectivity index (χ1) is 12.9. The maximum Gasteiger partial charge on any atom is 0.259 e. The third-order valence-corrected chi connectivity index (χ3v) is 7.42. The Morgan fingerprint density at radius 2 is 1.78 bits per heavy atom. The summed E-state index contributed by atoms with van der Waals surface area (Å²) in [7, 11) is -3.37. The van der Waals surface area contributed by atoms with Crippen molar-refractivity contribution in [2.75, 3.05) is 5.75 Å². The van der Waals surface area contributed by atoms with Gasteiger partial charge in [-0.25, -0.2) is 9.35 Å². The molecule has 1 amide bonds. The van der Waals surface area contributed by atoms with Gasteiger partial charge in [0.2, 0.25) is 0 Å². The summed E-state index contributed by atoms with van der Waals surface area (Å²) >= 11 is 1.26. The molecule has 0 radical (unpaired) electrons. The van der Waals surface area contributed by atoms with Gasteiger partial charge < -0.3 is 0 Å². The van der Waals surface area contributed by atoms with Gasteiger partial charge in [0.05, 0.1) is 11.3 Å². The molecule has 0 fully saturated rings. The number of nitrogens with zero attached hydrogens (tertiary/aromatic N) is 1. The number of thiophene rings is 1. The normalized spacial score (nSPS) is 17.2. The molecule has 1 aromatic carbocycles. The average molecular weight is 403 g/mol. The number of rotatable bonds is 5. The van der Waals surface area contributed by atoms with Gasteiger partial charge in [-0.1, -0.05) is 12.1 Å². The summed E-state index contributed by atoms with van der Waals surface area (Å²) in [5, 5.41) is 7.50. The molecule has 2 aromatic rings. The molecule has 1 aromatic heterocycles. The summed E-state index contributed by atoms with van der Waals surface area (Å²) in [5.74, 6) is -1.25. The molecule has 1 atom stereocenters. The van der Waals surface area contributed by atoms with Crippen molar-refractivity contribution < 1.29 is 13.8 Å². The van der Waals surface area contributed by atoms with Crippen molar-refractivity contribution in [3.63, 3.8) is 0 Å². The minimum Gasteiger partial charge on any atom is -0.292 e. The number of amides is 1. The van der Waals surface area contributed by atoms with Crippen molar-refractivity contribution >= 4 is 32.9 Å². The lowest BCUT2D eigenvalue weighted by Crippen LogP contribution is -2.24. The zero-order valence-corrected chi connectivity index (χ0v) is 16.7. The van der Waals surface area contributed by atoms with E-state index in [1.807, 2.05) is 0 Å². The van der Waals surface area contributed by atoms with Gasteiger partial charge in [0, 0.05) is 0 Å². The van der Waals surface area contributed by atoms with Gasteiger partial charge >= 0.3 is 0 Å². The van der Waals surface area contributed by atoms with E-state index in [1.54, 1.807) is 17.5 Å². The number of carbonyl (C=O) groups is 2. The van der Waals surface area contributed by atoms with Crippen molar-refractivity contribution in [2.24, 2.45) is 9.50 Å². The predicted molar refractivity (Wildman–Crippen MR) is 107 cm³/mol. The summed E-state index contributed by atoms with van der Waals surface area (Å²) in [4.78, 5) is 25.2. The van der Waals surface area contributed by atoms with E-state index in [-0.39, 0.29) is 12.2 Å². The van der Waals surface area contributed by atoms with Crippen LogP contribution >= 0.6 is 11.3 Å². The fraction of sp³-hybridized carbons (Fsp3) is 0.400. The maximum atomic E-state index is 12.6. The number of hydrogen-bond donors (Lipinski definition) is 1. The van der Waals surface area contributed by atoms with Gasteiger partial charge in [0.1, 0.15) is 15.7 Å². The lowest BCUT2D eigenvalue weighted by molar-refractivity contribution is -0.117. The first-order valence-corrected chi connectivity index (χ1v) is 11.8. The van der Waals surface area contributed by atoms with E-state index in [2.05, 4.69) is 10.4 Å². The highest BCUT2D eigenvalue weighted by atomic mass is 32.2. The summed E-state index contributed by atoms with van der Waals surface area (Å²) < 4.78 is 16.3. The number of benzene rings is 1. The number of nitrogens with two attached hydrogens (primary N) is 1. The van der Waals surface area contributed by atoms with Gasteiger partial charge in [-0.15, -0.1) is 15.7 Å². The van der Waals surface area contributed by atoms with Gasteiger partial charge in [0.15, 0.2) is 5.78 Å². The van der Waals surface area contributed by atoms with Gasteiger partial charge in [-0.2, -0.15) is 0 Å². The fourth-order valence-corrected chi connectivity index (χ4v) is 5.99. The molecule has 142 valence electrons. The summed E-state index contributed by atoms with van der Waals surface area (Å²) in [5.41, 5.74) is 6.32. The maximum absolute atomic E-state index is 12.6. The van der Waals surface area contributed by atoms with Crippen LogP contribution < -0.4 is 5.14 Å². The van der Waals surface area contributed by atoms with Crippen LogP contribution in [0.1, 0.15) is 50.3 Å². The molecule has 4 rings (SSSR count). The lowest BCUT2D eigenvalue weighted by atomic mass is 9.92. The minimum absolute atomic E-state index is 0.132. The molecular formula is C20H22N2O3S2. The van der Waals surface area contributed by atoms with E-state index in [1.165, 1.54) is 33.6 Å². The number of ketones is 1. The monoisotopic (exact) mass is 402 g/mol. The Hall–Kier alpha value is -1.83. The SMILES string of the molecule is NS(=O)(CC(=O)c1cccs1)=NC(=O)Cc1c2c(cc3c1CCC3)CCC2. The van der Waals surface area contributed by atoms with E-state index < -0.39 is 21.6 Å². The summed E-state index contributed by atoms with van der Waals surface area (Å²) in [6.45, 7) is 0. The zero-order chi connectivity index (χ0) is 19.0. The van der Waals surface area contributed by atoms with Crippen molar-refractivity contribution in [3.05, 3.63) is 56.3 Å². The van der Waals surface area contributed by atoms with Crippen molar-refractivity contribution in [2.45, 2.75) is 44.9 Å². The fourth-order valence-electron chi connectivity index (χ4n) is 4.23. The molecule has 0 bridgehead atoms. The second-order valence-corrected chi connectivity index (χ2v) is 10.0. The Bertz CT molecular complexity index is 1000. The Morgan fingerprint density at radius 1 is 1.11 bits per heavy atom. The topological polar surface area (TPSA) is 89.6 Å². The summed E-state index contributed by atoms with van der Waals surface area (Å²) in [6.07, 6.45) is 6.44. The Morgan fingerprint density at radius 3 is 2.37 bits per heavy atom. The molecule has 27 heavy (non-hydrogen) atoms. The second-order valence-electron chi connectivity index (χ2n) is 7.23. The molecule has 0 saturated carbocycles. The smallest absolute Gasteiger partial charge is 0.259 e. The second kappa shape index (κ2) is 7.30. The van der Waals surface area contributed by atoms with Crippen LogP contribution in [0.2, 0.25) is 0 Å². The third kappa shape index (κ3) is 3.90. The van der Waals surface area contributed by atoms with E-state index in [0.29, 0.717) is 4.88 Å². The molecule has 0 saturated heterocycles. The number of aryl methyl sites for hydroxylation is 2. The van der Waals surface area contributed by atoms with Gasteiger partial charge in [-0.3, -0.25) is 9.59 Å². The molecule has 2 N–H and O–H groups in total. The molecule has 2 aliphatic rings. The van der Waals surface area contributed by atoms with Crippen molar-refractivity contribution in [1.82, 2.24) is 0 Å². The highest BCUT2D eigenvalue weighted by molar-refractivity contribution is 7.92. The van der Waals surface area contributed by atoms with Crippen molar-refractivity contribution in [1.29, 1.82) is 0 Å². The molecule has 2 aliphatic carbocycles. The van der Waals surface area contributed by atoms with E-state index in [0.717, 1.165) is 44.1 Å². The van der Waals surface area contributed by atoms with Crippen LogP contribution in [-0.2, 0) is 46.8 Å². The molecule has 7 heteroatoms. The van der Waals surface area contributed by atoms with Crippen LogP contribution in [0.3, 0.4) is 0 Å². The lowest BCUT2D eigenvalue weighted by Gasteiger charge is -2.14. The average Bonchev–Trinajstić information content (AvgIpc) is 3.34. The third-order valence-electron chi connectivity index (χ3n) is 5.32. The van der Waals surface area contributed by atoms with Crippen LogP contribution in [0.5, 0.6) is 0 Å². The number of carbonyl (C=O) groups excluding carboxylic acids is 2. The molecule has 0 aliphatic heterocycles. The Balaban J connectivity index is 1.57. The van der Waals surface area contributed by atoms with Crippen LogP contribution in [0.15, 0.2) is 27.9 Å². The molecular weight excluding hydrogens is 380 g/mol. The highest BCUT2D eigenvalue weighted by Gasteiger charge is 2.25. The number of fused-ring (bicyclic) bond motifs is 2. The molecule has 5 nitrogen and oxygen atoms in total. The zero-order valence-electron chi connectivity index (χ0n) is 15.0. The number of hydrogen-bond acceptors (Lipinski definition) is 4. The first kappa shape index (κ1) is 18.5. The Kier molecular flexibility index (Phi) is 5.01. The van der Waals surface area contributed by atoms with Crippen LogP contribution in [0.4, 0.5) is 0 Å². The minimum atomic E-state index is -3.37. The van der Waals surface area contributed by atoms with Crippen LogP contribution in [0.25, 0.3) is 0 Å². The molecule has 1 heterocycles. The van der Waals surface area contributed by atoms with Gasteiger partial charge in [-0.05, 0) is 77.8 Å². The van der Waals surface area contributed by atoms with E-state index in [4.69, 9.17) is 5.14 Å². The van der Waals surface area contributed by atoms with Crippen molar-refractivity contribution in [3.8, 4) is 0 Å². The largest absolute Gasteiger partial charge is 0.292 e. The summed E-state index contributed by atoms with van der Waals surface area (Å²) in [6, 6.07) is 5.71. The number of Topliss-reactive ketones (excluding diaryl/α,β-unsaturated/α-hetero) is 1. The van der Waals surface area contributed by atoms with Crippen LogP contribution in [0, 0.1) is 0 Å². The van der Waals surface area contributed by atoms with E-state index in [9.17, 15) is 13.8 Å². The quantitative estimate of drug-likeness (QED) is 0.780. The first-order valence-electron chi connectivity index (χ1n) is 9.20. The molecule has 0 spiro atoms. The predicted octanol–water partition coefficient (Wildman–Crippen LogP) is 3.02. The Labute approximate surface area is 163 Å². The molecule has 1 unspecified atom stereocenters.